The Labute approximate surface area is 156 Å². The number of fused-ring (bicyclic) bond motifs is 1. The van der Waals surface area contributed by atoms with Gasteiger partial charge in [0.2, 0.25) is 5.91 Å². The van der Waals surface area contributed by atoms with Gasteiger partial charge >= 0.3 is 0 Å². The van der Waals surface area contributed by atoms with E-state index in [-0.39, 0.29) is 12.3 Å². The summed E-state index contributed by atoms with van der Waals surface area (Å²) in [7, 11) is 1.83. The van der Waals surface area contributed by atoms with E-state index in [9.17, 15) is 4.79 Å². The topological polar surface area (TPSA) is 94.0 Å². The van der Waals surface area contributed by atoms with E-state index in [2.05, 4.69) is 25.9 Å². The van der Waals surface area contributed by atoms with Crippen LogP contribution >= 0.6 is 0 Å². The third kappa shape index (κ3) is 3.96. The normalized spacial score (nSPS) is 19.9. The van der Waals surface area contributed by atoms with Crippen LogP contribution < -0.4 is 10.6 Å². The lowest BCUT2D eigenvalue weighted by molar-refractivity contribution is -0.125. The number of aryl methyl sites for hydroxylation is 1. The number of pyridine rings is 1. The van der Waals surface area contributed by atoms with Crippen LogP contribution in [0.1, 0.15) is 13.3 Å². The van der Waals surface area contributed by atoms with Crippen LogP contribution in [0.4, 0.5) is 5.82 Å². The van der Waals surface area contributed by atoms with Crippen molar-refractivity contribution in [1.29, 1.82) is 0 Å². The lowest BCUT2D eigenvalue weighted by atomic mass is 10.0. The van der Waals surface area contributed by atoms with Crippen molar-refractivity contribution in [3.8, 4) is 11.3 Å². The van der Waals surface area contributed by atoms with Crippen LogP contribution in [0.25, 0.3) is 22.0 Å². The molecule has 0 bridgehead atoms. The number of ether oxygens (including phenoxy) is 1. The van der Waals surface area contributed by atoms with Gasteiger partial charge in [0, 0.05) is 37.3 Å². The van der Waals surface area contributed by atoms with Crippen molar-refractivity contribution in [2.45, 2.75) is 18.9 Å². The molecule has 1 atom stereocenters. The maximum absolute atomic E-state index is 12.4. The predicted octanol–water partition coefficient (Wildman–Crippen LogP) is 1.74. The number of nitrogens with zero attached hydrogens (tertiary/aromatic N) is 4. The Morgan fingerprint density at radius 3 is 3.00 bits per heavy atom. The number of hydrogen-bond donors (Lipinski definition) is 2. The van der Waals surface area contributed by atoms with Crippen molar-refractivity contribution in [2.75, 3.05) is 25.0 Å². The molecule has 1 amide bonds. The second-order valence-electron chi connectivity index (χ2n) is 7.11. The average molecular weight is 366 g/mol. The number of rotatable bonds is 4. The lowest BCUT2D eigenvalue weighted by Crippen LogP contribution is -2.49. The van der Waals surface area contributed by atoms with Gasteiger partial charge in [-0.2, -0.15) is 0 Å². The van der Waals surface area contributed by atoms with Gasteiger partial charge in [-0.25, -0.2) is 4.98 Å². The lowest BCUT2D eigenvalue weighted by Gasteiger charge is -2.33. The Morgan fingerprint density at radius 2 is 2.26 bits per heavy atom. The number of carbonyl (C=O) groups excluding carboxylic acids is 1. The number of benzene rings is 1. The molecule has 4 rings (SSSR count). The zero-order valence-electron chi connectivity index (χ0n) is 15.4. The summed E-state index contributed by atoms with van der Waals surface area (Å²) in [5.74, 6) is 0.411. The van der Waals surface area contributed by atoms with Crippen LogP contribution in [0.2, 0.25) is 0 Å². The van der Waals surface area contributed by atoms with Gasteiger partial charge in [0.05, 0.1) is 24.8 Å². The van der Waals surface area contributed by atoms with Crippen molar-refractivity contribution >= 4 is 22.5 Å². The molecule has 0 saturated carbocycles. The first kappa shape index (κ1) is 17.6. The van der Waals surface area contributed by atoms with Gasteiger partial charge in [0.1, 0.15) is 11.5 Å². The van der Waals surface area contributed by atoms with Gasteiger partial charge in [-0.05, 0) is 24.4 Å². The molecule has 1 aliphatic rings. The molecule has 8 nitrogen and oxygen atoms in total. The fourth-order valence-electron chi connectivity index (χ4n) is 3.26. The Bertz CT molecular complexity index is 977. The largest absolute Gasteiger partial charge is 0.372 e. The molecular formula is C19H22N6O2. The summed E-state index contributed by atoms with van der Waals surface area (Å²) in [5, 5.41) is 16.2. The third-order valence-electron chi connectivity index (χ3n) is 4.65. The highest BCUT2D eigenvalue weighted by atomic mass is 16.5. The maximum Gasteiger partial charge on any atom is 0.228 e. The van der Waals surface area contributed by atoms with Crippen molar-refractivity contribution in [1.82, 2.24) is 25.3 Å². The van der Waals surface area contributed by atoms with E-state index in [1.807, 2.05) is 44.4 Å². The molecule has 2 aromatic heterocycles. The summed E-state index contributed by atoms with van der Waals surface area (Å²) in [6, 6.07) is 7.86. The van der Waals surface area contributed by atoms with E-state index < -0.39 is 5.60 Å². The quantitative estimate of drug-likeness (QED) is 0.730. The SMILES string of the molecule is Cn1cc(-c2ccc3cnc(NC(=O)CC4(C)CNCCO4)cc3c2)nn1. The van der Waals surface area contributed by atoms with Crippen molar-refractivity contribution < 1.29 is 9.53 Å². The van der Waals surface area contributed by atoms with Crippen molar-refractivity contribution in [2.24, 2.45) is 7.05 Å². The molecule has 3 heterocycles. The Balaban J connectivity index is 1.52. The molecule has 0 spiro atoms. The summed E-state index contributed by atoms with van der Waals surface area (Å²) in [4.78, 5) is 16.8. The average Bonchev–Trinajstić information content (AvgIpc) is 3.07. The number of amides is 1. The first-order valence-electron chi connectivity index (χ1n) is 8.92. The highest BCUT2D eigenvalue weighted by Crippen LogP contribution is 2.24. The molecule has 2 N–H and O–H groups in total. The van der Waals surface area contributed by atoms with E-state index in [1.54, 1.807) is 10.9 Å². The van der Waals surface area contributed by atoms with Crippen LogP contribution in [0, 0.1) is 0 Å². The number of aromatic nitrogens is 4. The minimum atomic E-state index is -0.488. The van der Waals surface area contributed by atoms with Gasteiger partial charge < -0.3 is 15.4 Å². The third-order valence-corrected chi connectivity index (χ3v) is 4.65. The van der Waals surface area contributed by atoms with Crippen LogP contribution in [-0.2, 0) is 16.6 Å². The molecule has 8 heteroatoms. The monoisotopic (exact) mass is 366 g/mol. The zero-order chi connectivity index (χ0) is 18.9. The van der Waals surface area contributed by atoms with Gasteiger partial charge in [0.25, 0.3) is 0 Å². The summed E-state index contributed by atoms with van der Waals surface area (Å²) >= 11 is 0. The summed E-state index contributed by atoms with van der Waals surface area (Å²) in [6.45, 7) is 4.04. The highest BCUT2D eigenvalue weighted by Gasteiger charge is 2.30. The Morgan fingerprint density at radius 1 is 1.37 bits per heavy atom. The van der Waals surface area contributed by atoms with Crippen molar-refractivity contribution in [3.63, 3.8) is 0 Å². The predicted molar refractivity (Wildman–Crippen MR) is 102 cm³/mol. The van der Waals surface area contributed by atoms with E-state index >= 15 is 0 Å². The van der Waals surface area contributed by atoms with Gasteiger partial charge in [-0.15, -0.1) is 5.10 Å². The van der Waals surface area contributed by atoms with Crippen LogP contribution in [-0.4, -0.2) is 51.2 Å². The molecule has 0 radical (unpaired) electrons. The number of carbonyl (C=O) groups is 1. The molecule has 1 fully saturated rings. The van der Waals surface area contributed by atoms with Gasteiger partial charge in [-0.3, -0.25) is 9.48 Å². The van der Waals surface area contributed by atoms with Gasteiger partial charge in [-0.1, -0.05) is 17.3 Å². The number of morpholine rings is 1. The van der Waals surface area contributed by atoms with Crippen LogP contribution in [0.5, 0.6) is 0 Å². The van der Waals surface area contributed by atoms with Crippen molar-refractivity contribution in [3.05, 3.63) is 36.7 Å². The van der Waals surface area contributed by atoms with E-state index in [4.69, 9.17) is 4.74 Å². The number of hydrogen-bond acceptors (Lipinski definition) is 6. The molecule has 0 aliphatic carbocycles. The minimum absolute atomic E-state index is 0.113. The van der Waals surface area contributed by atoms with Crippen LogP contribution in [0.15, 0.2) is 36.7 Å². The standard InChI is InChI=1S/C19H22N6O2/c1-19(12-20-5-6-27-19)9-18(26)22-17-8-15-7-13(3-4-14(15)10-21-17)16-11-25(2)24-23-16/h3-4,7-8,10-11,20H,5-6,9,12H2,1-2H3,(H,21,22,26). The number of nitrogens with one attached hydrogen (secondary N) is 2. The number of anilines is 1. The Hall–Kier alpha value is -2.84. The van der Waals surface area contributed by atoms with E-state index in [0.29, 0.717) is 19.0 Å². The van der Waals surface area contributed by atoms with E-state index in [1.165, 1.54) is 0 Å². The first-order valence-corrected chi connectivity index (χ1v) is 8.92. The maximum atomic E-state index is 12.4. The van der Waals surface area contributed by atoms with Gasteiger partial charge in [0.15, 0.2) is 0 Å². The van der Waals surface area contributed by atoms with E-state index in [0.717, 1.165) is 28.6 Å². The molecule has 1 aromatic carbocycles. The molecular weight excluding hydrogens is 344 g/mol. The fraction of sp³-hybridized carbons (Fsp3) is 0.368. The molecule has 1 unspecified atom stereocenters. The fourth-order valence-corrected chi connectivity index (χ4v) is 3.26. The summed E-state index contributed by atoms with van der Waals surface area (Å²) < 4.78 is 7.42. The minimum Gasteiger partial charge on any atom is -0.372 e. The molecule has 3 aromatic rings. The molecule has 27 heavy (non-hydrogen) atoms. The smallest absolute Gasteiger partial charge is 0.228 e. The summed E-state index contributed by atoms with van der Waals surface area (Å²) in [5.41, 5.74) is 1.28. The second-order valence-corrected chi connectivity index (χ2v) is 7.11. The second kappa shape index (κ2) is 7.05. The first-order chi connectivity index (χ1) is 13.0. The zero-order valence-corrected chi connectivity index (χ0v) is 15.4. The van der Waals surface area contributed by atoms with Crippen LogP contribution in [0.3, 0.4) is 0 Å². The Kier molecular flexibility index (Phi) is 4.59. The highest BCUT2D eigenvalue weighted by molar-refractivity contribution is 5.94. The summed E-state index contributed by atoms with van der Waals surface area (Å²) in [6.07, 6.45) is 3.90. The molecule has 1 aliphatic heterocycles. The molecule has 1 saturated heterocycles. The molecule has 140 valence electrons.